The fourth-order valence-corrected chi connectivity index (χ4v) is 3.99. The fraction of sp³-hybridized carbons (Fsp3) is 0.320. The minimum atomic E-state index is -0.977. The lowest BCUT2D eigenvalue weighted by Gasteiger charge is -2.27. The van der Waals surface area contributed by atoms with Gasteiger partial charge in [0.05, 0.1) is 25.8 Å². The second-order valence-electron chi connectivity index (χ2n) is 7.81. The standard InChI is InChI=1S/C25H26FNO7/c1-33-17-11-12-19(34-2)18(14-17)22-21(23(30)15-7-9-16(26)10-8-15)24(31)25(32)27(22)13-5-3-4-6-20(28)29/h7-12,14,22,30H,3-6,13H2,1-2H3,(H,28,29)/t22-/m0/s1. The zero-order chi connectivity index (χ0) is 24.8. The predicted octanol–water partition coefficient (Wildman–Crippen LogP) is 3.91. The molecule has 2 aromatic rings. The van der Waals surface area contributed by atoms with Crippen LogP contribution in [0.2, 0.25) is 0 Å². The lowest BCUT2D eigenvalue weighted by atomic mass is 9.94. The van der Waals surface area contributed by atoms with Crippen molar-refractivity contribution in [1.82, 2.24) is 4.90 Å². The van der Waals surface area contributed by atoms with Crippen LogP contribution in [0.5, 0.6) is 11.5 Å². The molecule has 0 aliphatic carbocycles. The van der Waals surface area contributed by atoms with E-state index in [1.165, 1.54) is 31.3 Å². The van der Waals surface area contributed by atoms with E-state index in [1.54, 1.807) is 18.2 Å². The Morgan fingerprint density at radius 1 is 1.00 bits per heavy atom. The number of carbonyl (C=O) groups is 3. The molecule has 8 nitrogen and oxygen atoms in total. The van der Waals surface area contributed by atoms with Crippen molar-refractivity contribution in [2.75, 3.05) is 20.8 Å². The van der Waals surface area contributed by atoms with Crippen LogP contribution in [0.1, 0.15) is 42.9 Å². The van der Waals surface area contributed by atoms with Crippen molar-refractivity contribution in [3.8, 4) is 11.5 Å². The second kappa shape index (κ2) is 10.8. The molecule has 0 spiro atoms. The van der Waals surface area contributed by atoms with Crippen molar-refractivity contribution in [3.63, 3.8) is 0 Å². The Bertz CT molecular complexity index is 1110. The average Bonchev–Trinajstić information content (AvgIpc) is 3.08. The normalized spacial score (nSPS) is 17.1. The van der Waals surface area contributed by atoms with Crippen molar-refractivity contribution in [3.05, 3.63) is 65.0 Å². The number of nitrogens with zero attached hydrogens (tertiary/aromatic N) is 1. The topological polar surface area (TPSA) is 113 Å². The summed E-state index contributed by atoms with van der Waals surface area (Å²) >= 11 is 0. The van der Waals surface area contributed by atoms with E-state index in [1.807, 2.05) is 0 Å². The van der Waals surface area contributed by atoms with E-state index in [0.29, 0.717) is 36.3 Å². The number of carboxylic acids is 1. The highest BCUT2D eigenvalue weighted by molar-refractivity contribution is 6.46. The van der Waals surface area contributed by atoms with Gasteiger partial charge in [-0.05, 0) is 55.3 Å². The van der Waals surface area contributed by atoms with E-state index in [4.69, 9.17) is 14.6 Å². The number of hydrogen-bond acceptors (Lipinski definition) is 6. The molecule has 0 aromatic heterocycles. The van der Waals surface area contributed by atoms with Gasteiger partial charge in [-0.25, -0.2) is 4.39 Å². The molecule has 0 unspecified atom stereocenters. The van der Waals surface area contributed by atoms with Crippen molar-refractivity contribution in [2.24, 2.45) is 0 Å². The maximum Gasteiger partial charge on any atom is 0.303 e. The Kier molecular flexibility index (Phi) is 7.88. The molecule has 1 fully saturated rings. The highest BCUT2D eigenvalue weighted by atomic mass is 19.1. The Labute approximate surface area is 196 Å². The Hall–Kier alpha value is -3.88. The summed E-state index contributed by atoms with van der Waals surface area (Å²) in [6.07, 6.45) is 1.44. The van der Waals surface area contributed by atoms with Crippen LogP contribution < -0.4 is 9.47 Å². The van der Waals surface area contributed by atoms with E-state index < -0.39 is 35.3 Å². The number of aliphatic hydroxyl groups is 1. The van der Waals surface area contributed by atoms with Gasteiger partial charge in [-0.2, -0.15) is 0 Å². The van der Waals surface area contributed by atoms with Gasteiger partial charge < -0.3 is 24.6 Å². The molecule has 180 valence electrons. The molecule has 1 atom stereocenters. The zero-order valence-electron chi connectivity index (χ0n) is 18.9. The highest BCUT2D eigenvalue weighted by Gasteiger charge is 2.47. The molecule has 3 rings (SSSR count). The third kappa shape index (κ3) is 5.19. The van der Waals surface area contributed by atoms with Crippen LogP contribution >= 0.6 is 0 Å². The number of methoxy groups -OCH3 is 2. The largest absolute Gasteiger partial charge is 0.507 e. The van der Waals surface area contributed by atoms with Crippen LogP contribution in [0.3, 0.4) is 0 Å². The number of carboxylic acid groups (broad SMARTS) is 1. The van der Waals surface area contributed by atoms with Crippen molar-refractivity contribution in [2.45, 2.75) is 31.7 Å². The molecule has 0 radical (unpaired) electrons. The number of unbranched alkanes of at least 4 members (excludes halogenated alkanes) is 2. The number of aliphatic hydroxyl groups excluding tert-OH is 1. The molecule has 1 aliphatic rings. The molecule has 0 bridgehead atoms. The number of amides is 1. The lowest BCUT2D eigenvalue weighted by molar-refractivity contribution is -0.140. The molecular weight excluding hydrogens is 445 g/mol. The molecule has 0 saturated carbocycles. The first-order valence-electron chi connectivity index (χ1n) is 10.8. The van der Waals surface area contributed by atoms with Gasteiger partial charge in [-0.3, -0.25) is 14.4 Å². The molecule has 1 amide bonds. The lowest BCUT2D eigenvalue weighted by Crippen LogP contribution is -2.31. The number of aliphatic carboxylic acids is 1. The van der Waals surface area contributed by atoms with Crippen molar-refractivity contribution < 1.29 is 38.5 Å². The predicted molar refractivity (Wildman–Crippen MR) is 121 cm³/mol. The van der Waals surface area contributed by atoms with Crippen molar-refractivity contribution >= 4 is 23.4 Å². The smallest absolute Gasteiger partial charge is 0.303 e. The number of halogens is 1. The van der Waals surface area contributed by atoms with Crippen LogP contribution in [-0.2, 0) is 14.4 Å². The van der Waals surface area contributed by atoms with Crippen LogP contribution in [0.25, 0.3) is 5.76 Å². The maximum absolute atomic E-state index is 13.4. The number of rotatable bonds is 10. The van der Waals surface area contributed by atoms with Gasteiger partial charge in [-0.1, -0.05) is 6.42 Å². The maximum atomic E-state index is 13.4. The Morgan fingerprint density at radius 3 is 2.32 bits per heavy atom. The molecule has 2 N–H and O–H groups in total. The summed E-state index contributed by atoms with van der Waals surface area (Å²) in [5, 5.41) is 19.9. The molecule has 9 heteroatoms. The SMILES string of the molecule is COc1ccc(OC)c([C@H]2C(=C(O)c3ccc(F)cc3)C(=O)C(=O)N2CCCCCC(=O)O)c1. The highest BCUT2D eigenvalue weighted by Crippen LogP contribution is 2.44. The second-order valence-corrected chi connectivity index (χ2v) is 7.81. The third-order valence-corrected chi connectivity index (χ3v) is 5.68. The van der Waals surface area contributed by atoms with E-state index >= 15 is 0 Å². The monoisotopic (exact) mass is 471 g/mol. The summed E-state index contributed by atoms with van der Waals surface area (Å²) in [4.78, 5) is 38.2. The van der Waals surface area contributed by atoms with Crippen LogP contribution in [0, 0.1) is 5.82 Å². The first-order valence-corrected chi connectivity index (χ1v) is 10.8. The first kappa shape index (κ1) is 24.8. The molecule has 1 saturated heterocycles. The minimum Gasteiger partial charge on any atom is -0.507 e. The summed E-state index contributed by atoms with van der Waals surface area (Å²) in [5.41, 5.74) is 0.483. The Morgan fingerprint density at radius 2 is 1.71 bits per heavy atom. The third-order valence-electron chi connectivity index (χ3n) is 5.68. The van der Waals surface area contributed by atoms with Gasteiger partial charge in [0.15, 0.2) is 0 Å². The average molecular weight is 471 g/mol. The zero-order valence-corrected chi connectivity index (χ0v) is 18.9. The molecule has 1 heterocycles. The van der Waals surface area contributed by atoms with Crippen LogP contribution in [-0.4, -0.2) is 53.5 Å². The summed E-state index contributed by atoms with van der Waals surface area (Å²) < 4.78 is 24.2. The number of Topliss-reactive ketones (excluding diaryl/α,β-unsaturated/α-hetero) is 1. The summed E-state index contributed by atoms with van der Waals surface area (Å²) in [6, 6.07) is 8.90. The van der Waals surface area contributed by atoms with Gasteiger partial charge in [0.1, 0.15) is 23.1 Å². The summed E-state index contributed by atoms with van der Waals surface area (Å²) in [7, 11) is 2.92. The summed E-state index contributed by atoms with van der Waals surface area (Å²) in [5.74, 6) is -2.66. The van der Waals surface area contributed by atoms with Gasteiger partial charge in [0.25, 0.3) is 11.7 Å². The number of likely N-dealkylation sites (tertiary alicyclic amines) is 1. The number of benzene rings is 2. The van der Waals surface area contributed by atoms with Crippen LogP contribution in [0.15, 0.2) is 48.0 Å². The van der Waals surface area contributed by atoms with Gasteiger partial charge in [0.2, 0.25) is 0 Å². The summed E-state index contributed by atoms with van der Waals surface area (Å²) in [6.45, 7) is 0.162. The van der Waals surface area contributed by atoms with Gasteiger partial charge >= 0.3 is 5.97 Å². The number of carbonyl (C=O) groups excluding carboxylic acids is 2. The van der Waals surface area contributed by atoms with Gasteiger partial charge in [-0.15, -0.1) is 0 Å². The molecule has 2 aromatic carbocycles. The van der Waals surface area contributed by atoms with E-state index in [0.717, 1.165) is 12.1 Å². The van der Waals surface area contributed by atoms with Crippen LogP contribution in [0.4, 0.5) is 4.39 Å². The van der Waals surface area contributed by atoms with E-state index in [-0.39, 0.29) is 24.1 Å². The Balaban J connectivity index is 2.08. The fourth-order valence-electron chi connectivity index (χ4n) is 3.99. The molecule has 34 heavy (non-hydrogen) atoms. The van der Waals surface area contributed by atoms with E-state index in [9.17, 15) is 23.9 Å². The first-order chi connectivity index (χ1) is 16.3. The number of ether oxygens (including phenoxy) is 2. The molecule has 1 aliphatic heterocycles. The minimum absolute atomic E-state index is 0.0104. The quantitative estimate of drug-likeness (QED) is 0.234. The van der Waals surface area contributed by atoms with Crippen molar-refractivity contribution in [1.29, 1.82) is 0 Å². The van der Waals surface area contributed by atoms with Gasteiger partial charge in [0, 0.05) is 24.1 Å². The number of hydrogen-bond donors (Lipinski definition) is 2. The number of ketones is 1. The molecular formula is C25H26FNO7. The van der Waals surface area contributed by atoms with E-state index in [2.05, 4.69) is 0 Å².